The van der Waals surface area contributed by atoms with E-state index in [4.69, 9.17) is 4.74 Å². The maximum atomic E-state index is 12.2. The second-order valence-corrected chi connectivity index (χ2v) is 6.82. The zero-order valence-corrected chi connectivity index (χ0v) is 17.0. The molecule has 0 aliphatic carbocycles. The molecule has 2 aromatic carbocycles. The van der Waals surface area contributed by atoms with Crippen molar-refractivity contribution in [2.75, 3.05) is 17.2 Å². The average molecular weight is 383 g/mol. The summed E-state index contributed by atoms with van der Waals surface area (Å²) in [4.78, 5) is 23.8. The standard InChI is InChI=1S/C22H29N3O3/c1-5-21(26)25-20-8-6-7-19(16(20)4)23-14-22(27)24-13-17-9-11-18(12-10-17)28-15(2)3/h6-12,15,23H,5,13-14H2,1-4H3,(H,24,27)(H,25,26). The first-order valence-electron chi connectivity index (χ1n) is 9.54. The fourth-order valence-corrected chi connectivity index (χ4v) is 2.60. The monoisotopic (exact) mass is 383 g/mol. The van der Waals surface area contributed by atoms with Gasteiger partial charge in [-0.3, -0.25) is 9.59 Å². The molecule has 6 heteroatoms. The van der Waals surface area contributed by atoms with Crippen LogP contribution >= 0.6 is 0 Å². The number of hydrogen-bond donors (Lipinski definition) is 3. The van der Waals surface area contributed by atoms with Gasteiger partial charge in [0.2, 0.25) is 11.8 Å². The molecule has 0 bridgehead atoms. The van der Waals surface area contributed by atoms with Crippen molar-refractivity contribution in [1.29, 1.82) is 0 Å². The van der Waals surface area contributed by atoms with E-state index in [2.05, 4.69) is 16.0 Å². The summed E-state index contributed by atoms with van der Waals surface area (Å²) >= 11 is 0. The Kier molecular flexibility index (Phi) is 7.87. The Bertz CT molecular complexity index is 801. The molecule has 0 aromatic heterocycles. The van der Waals surface area contributed by atoms with Crippen molar-refractivity contribution >= 4 is 23.2 Å². The Morgan fingerprint density at radius 2 is 1.68 bits per heavy atom. The van der Waals surface area contributed by atoms with E-state index in [0.29, 0.717) is 13.0 Å². The normalized spacial score (nSPS) is 10.5. The zero-order valence-electron chi connectivity index (χ0n) is 17.0. The van der Waals surface area contributed by atoms with E-state index in [0.717, 1.165) is 28.3 Å². The third-order valence-corrected chi connectivity index (χ3v) is 4.15. The van der Waals surface area contributed by atoms with Gasteiger partial charge in [0.05, 0.1) is 12.6 Å². The van der Waals surface area contributed by atoms with Crippen LogP contribution in [0.3, 0.4) is 0 Å². The molecule has 0 unspecified atom stereocenters. The first-order chi connectivity index (χ1) is 13.4. The number of carbonyl (C=O) groups is 2. The van der Waals surface area contributed by atoms with Crippen LogP contribution in [-0.2, 0) is 16.1 Å². The van der Waals surface area contributed by atoms with Gasteiger partial charge in [-0.15, -0.1) is 0 Å². The molecule has 2 aromatic rings. The van der Waals surface area contributed by atoms with Crippen LogP contribution in [0.1, 0.15) is 38.3 Å². The summed E-state index contributed by atoms with van der Waals surface area (Å²) in [5.74, 6) is 0.671. The van der Waals surface area contributed by atoms with Gasteiger partial charge in [-0.2, -0.15) is 0 Å². The zero-order chi connectivity index (χ0) is 20.5. The number of carbonyl (C=O) groups excluding carboxylic acids is 2. The van der Waals surface area contributed by atoms with E-state index in [1.54, 1.807) is 0 Å². The highest BCUT2D eigenvalue weighted by atomic mass is 16.5. The number of rotatable bonds is 9. The molecule has 6 nitrogen and oxygen atoms in total. The molecule has 3 N–H and O–H groups in total. The predicted molar refractivity (Wildman–Crippen MR) is 113 cm³/mol. The van der Waals surface area contributed by atoms with Gasteiger partial charge in [0.25, 0.3) is 0 Å². The van der Waals surface area contributed by atoms with E-state index in [1.807, 2.05) is 70.2 Å². The molecule has 0 saturated carbocycles. The number of benzene rings is 2. The van der Waals surface area contributed by atoms with Gasteiger partial charge >= 0.3 is 0 Å². The van der Waals surface area contributed by atoms with Crippen molar-refractivity contribution < 1.29 is 14.3 Å². The van der Waals surface area contributed by atoms with Gasteiger partial charge in [0, 0.05) is 24.3 Å². The van der Waals surface area contributed by atoms with Crippen LogP contribution in [0.4, 0.5) is 11.4 Å². The number of hydrogen-bond acceptors (Lipinski definition) is 4. The summed E-state index contributed by atoms with van der Waals surface area (Å²) in [7, 11) is 0. The molecule has 0 saturated heterocycles. The van der Waals surface area contributed by atoms with Crippen molar-refractivity contribution in [2.45, 2.75) is 46.8 Å². The lowest BCUT2D eigenvalue weighted by Gasteiger charge is -2.14. The van der Waals surface area contributed by atoms with Crippen LogP contribution < -0.4 is 20.7 Å². The molecule has 150 valence electrons. The number of nitrogens with one attached hydrogen (secondary N) is 3. The second-order valence-electron chi connectivity index (χ2n) is 6.82. The van der Waals surface area contributed by atoms with Crippen LogP contribution in [0.15, 0.2) is 42.5 Å². The van der Waals surface area contributed by atoms with Crippen molar-refractivity contribution in [3.63, 3.8) is 0 Å². The van der Waals surface area contributed by atoms with Gasteiger partial charge in [0.1, 0.15) is 5.75 Å². The minimum absolute atomic E-state index is 0.0391. The Hall–Kier alpha value is -3.02. The molecular formula is C22H29N3O3. The van der Waals surface area contributed by atoms with Gasteiger partial charge in [-0.25, -0.2) is 0 Å². The Labute approximate surface area is 166 Å². The summed E-state index contributed by atoms with van der Waals surface area (Å²) in [6.45, 7) is 8.29. The van der Waals surface area contributed by atoms with Gasteiger partial charge in [-0.1, -0.05) is 25.1 Å². The highest BCUT2D eigenvalue weighted by molar-refractivity contribution is 5.92. The lowest BCUT2D eigenvalue weighted by atomic mass is 10.1. The van der Waals surface area contributed by atoms with Gasteiger partial charge < -0.3 is 20.7 Å². The lowest BCUT2D eigenvalue weighted by molar-refractivity contribution is -0.119. The number of amides is 2. The predicted octanol–water partition coefficient (Wildman–Crippen LogP) is 3.86. The molecule has 0 aliphatic rings. The first kappa shape index (κ1) is 21.3. The highest BCUT2D eigenvalue weighted by Crippen LogP contribution is 2.23. The Morgan fingerprint density at radius 3 is 2.32 bits per heavy atom. The number of anilines is 2. The summed E-state index contributed by atoms with van der Waals surface area (Å²) in [5.41, 5.74) is 3.47. The van der Waals surface area contributed by atoms with E-state index in [-0.39, 0.29) is 24.5 Å². The fraction of sp³-hybridized carbons (Fsp3) is 0.364. The summed E-state index contributed by atoms with van der Waals surface area (Å²) in [5, 5.41) is 8.88. The smallest absolute Gasteiger partial charge is 0.239 e. The topological polar surface area (TPSA) is 79.5 Å². The lowest BCUT2D eigenvalue weighted by Crippen LogP contribution is -2.29. The third-order valence-electron chi connectivity index (χ3n) is 4.15. The molecule has 2 amide bonds. The SMILES string of the molecule is CCC(=O)Nc1cccc(NCC(=O)NCc2ccc(OC(C)C)cc2)c1C. The molecule has 0 fully saturated rings. The first-order valence-corrected chi connectivity index (χ1v) is 9.54. The molecule has 28 heavy (non-hydrogen) atoms. The molecule has 0 heterocycles. The minimum atomic E-state index is -0.107. The van der Waals surface area contributed by atoms with Crippen molar-refractivity contribution in [3.05, 3.63) is 53.6 Å². The van der Waals surface area contributed by atoms with E-state index in [1.165, 1.54) is 0 Å². The average Bonchev–Trinajstić information content (AvgIpc) is 2.67. The van der Waals surface area contributed by atoms with Gasteiger partial charge in [-0.05, 0) is 56.2 Å². The second kappa shape index (κ2) is 10.3. The van der Waals surface area contributed by atoms with Crippen LogP contribution in [0.25, 0.3) is 0 Å². The maximum Gasteiger partial charge on any atom is 0.239 e. The minimum Gasteiger partial charge on any atom is -0.491 e. The van der Waals surface area contributed by atoms with Crippen molar-refractivity contribution in [2.24, 2.45) is 0 Å². The molecule has 0 spiro atoms. The molecular weight excluding hydrogens is 354 g/mol. The van der Waals surface area contributed by atoms with Crippen molar-refractivity contribution in [3.8, 4) is 5.75 Å². The van der Waals surface area contributed by atoms with Crippen molar-refractivity contribution in [1.82, 2.24) is 5.32 Å². The summed E-state index contributed by atoms with van der Waals surface area (Å²) < 4.78 is 5.61. The van der Waals surface area contributed by atoms with E-state index >= 15 is 0 Å². The van der Waals surface area contributed by atoms with Gasteiger partial charge in [0.15, 0.2) is 0 Å². The molecule has 0 radical (unpaired) electrons. The number of ether oxygens (including phenoxy) is 1. The Morgan fingerprint density at radius 1 is 1.00 bits per heavy atom. The third kappa shape index (κ3) is 6.61. The van der Waals surface area contributed by atoms with Crippen LogP contribution in [0.2, 0.25) is 0 Å². The van der Waals surface area contributed by atoms with Crippen LogP contribution in [-0.4, -0.2) is 24.5 Å². The van der Waals surface area contributed by atoms with E-state index in [9.17, 15) is 9.59 Å². The molecule has 0 atom stereocenters. The quantitative estimate of drug-likeness (QED) is 0.614. The van der Waals surface area contributed by atoms with Crippen LogP contribution in [0.5, 0.6) is 5.75 Å². The maximum absolute atomic E-state index is 12.2. The molecule has 0 aliphatic heterocycles. The summed E-state index contributed by atoms with van der Waals surface area (Å²) in [6.07, 6.45) is 0.554. The fourth-order valence-electron chi connectivity index (χ4n) is 2.60. The Balaban J connectivity index is 1.84. The van der Waals surface area contributed by atoms with Crippen LogP contribution in [0, 0.1) is 6.92 Å². The highest BCUT2D eigenvalue weighted by Gasteiger charge is 2.08. The van der Waals surface area contributed by atoms with E-state index < -0.39 is 0 Å². The largest absolute Gasteiger partial charge is 0.491 e. The summed E-state index contributed by atoms with van der Waals surface area (Å²) in [6, 6.07) is 13.3. The molecule has 2 rings (SSSR count).